The van der Waals surface area contributed by atoms with E-state index in [1.165, 1.54) is 5.57 Å². The fourth-order valence-electron chi connectivity index (χ4n) is 2.20. The lowest BCUT2D eigenvalue weighted by Crippen LogP contribution is -2.25. The molecule has 0 aliphatic heterocycles. The Morgan fingerprint density at radius 2 is 2.25 bits per heavy atom. The summed E-state index contributed by atoms with van der Waals surface area (Å²) in [5.41, 5.74) is 0.708. The van der Waals surface area contributed by atoms with E-state index in [1.807, 2.05) is 0 Å². The standard InChI is InChI=1S/C14H15FN2O3/c15-13-6-5-11(17(19)20)9-12(13)14(18)16-8-7-10-3-1-2-4-10/h3,5-6,9H,1-2,4,7-8H2,(H,16,18). The number of nitrogens with zero attached hydrogens (tertiary/aromatic N) is 1. The van der Waals surface area contributed by atoms with Crippen LogP contribution in [0.1, 0.15) is 36.0 Å². The van der Waals surface area contributed by atoms with Crippen LogP contribution in [0, 0.1) is 15.9 Å². The molecule has 0 heterocycles. The molecule has 20 heavy (non-hydrogen) atoms. The minimum Gasteiger partial charge on any atom is -0.352 e. The maximum absolute atomic E-state index is 13.5. The predicted molar refractivity (Wildman–Crippen MR) is 71.9 cm³/mol. The molecule has 0 atom stereocenters. The van der Waals surface area contributed by atoms with Crippen molar-refractivity contribution >= 4 is 11.6 Å². The maximum atomic E-state index is 13.5. The molecule has 0 radical (unpaired) electrons. The second-order valence-corrected chi connectivity index (χ2v) is 4.68. The number of hydrogen-bond donors (Lipinski definition) is 1. The Bertz CT molecular complexity index is 570. The highest BCUT2D eigenvalue weighted by molar-refractivity contribution is 5.95. The average Bonchev–Trinajstić information content (AvgIpc) is 2.92. The number of carbonyl (C=O) groups excluding carboxylic acids is 1. The quantitative estimate of drug-likeness (QED) is 0.511. The third-order valence-electron chi connectivity index (χ3n) is 3.27. The monoisotopic (exact) mass is 278 g/mol. The van der Waals surface area contributed by atoms with Crippen molar-refractivity contribution in [2.24, 2.45) is 0 Å². The number of nitrogens with one attached hydrogen (secondary N) is 1. The summed E-state index contributed by atoms with van der Waals surface area (Å²) in [4.78, 5) is 21.8. The van der Waals surface area contributed by atoms with Gasteiger partial charge in [0.2, 0.25) is 0 Å². The fraction of sp³-hybridized carbons (Fsp3) is 0.357. The third-order valence-corrected chi connectivity index (χ3v) is 3.27. The largest absolute Gasteiger partial charge is 0.352 e. The van der Waals surface area contributed by atoms with Gasteiger partial charge in [-0.1, -0.05) is 11.6 Å². The summed E-state index contributed by atoms with van der Waals surface area (Å²) < 4.78 is 13.5. The van der Waals surface area contributed by atoms with Gasteiger partial charge in [-0.25, -0.2) is 4.39 Å². The number of nitro groups is 1. The van der Waals surface area contributed by atoms with Crippen LogP contribution in [0.4, 0.5) is 10.1 Å². The molecule has 1 aliphatic carbocycles. The zero-order valence-electron chi connectivity index (χ0n) is 10.9. The number of non-ortho nitro benzene ring substituents is 1. The molecule has 0 bridgehead atoms. The highest BCUT2D eigenvalue weighted by atomic mass is 19.1. The summed E-state index contributed by atoms with van der Waals surface area (Å²) >= 11 is 0. The van der Waals surface area contributed by atoms with Gasteiger partial charge in [0.25, 0.3) is 11.6 Å². The van der Waals surface area contributed by atoms with E-state index in [-0.39, 0.29) is 11.3 Å². The smallest absolute Gasteiger partial charge is 0.270 e. The highest BCUT2D eigenvalue weighted by Gasteiger charge is 2.16. The number of carbonyl (C=O) groups is 1. The Hall–Kier alpha value is -2.24. The molecular formula is C14H15FN2O3. The molecule has 2 rings (SSSR count). The van der Waals surface area contributed by atoms with Crippen LogP contribution in [0.2, 0.25) is 0 Å². The summed E-state index contributed by atoms with van der Waals surface area (Å²) in [5.74, 6) is -1.38. The van der Waals surface area contributed by atoms with Crippen molar-refractivity contribution < 1.29 is 14.1 Å². The van der Waals surface area contributed by atoms with Crippen LogP contribution >= 0.6 is 0 Å². The maximum Gasteiger partial charge on any atom is 0.270 e. The molecule has 0 aromatic heterocycles. The summed E-state index contributed by atoms with van der Waals surface area (Å²) in [6.45, 7) is 0.410. The van der Waals surface area contributed by atoms with Gasteiger partial charge in [0.15, 0.2) is 0 Å². The lowest BCUT2D eigenvalue weighted by Gasteiger charge is -2.06. The van der Waals surface area contributed by atoms with Crippen molar-refractivity contribution in [3.8, 4) is 0 Å². The van der Waals surface area contributed by atoms with Gasteiger partial charge < -0.3 is 5.32 Å². The van der Waals surface area contributed by atoms with Crippen LogP contribution in [-0.4, -0.2) is 17.4 Å². The molecule has 0 saturated heterocycles. The van der Waals surface area contributed by atoms with Crippen LogP contribution in [0.25, 0.3) is 0 Å². The molecule has 0 spiro atoms. The molecule has 1 aliphatic rings. The number of amides is 1. The molecule has 1 aromatic rings. The van der Waals surface area contributed by atoms with Crippen LogP contribution in [-0.2, 0) is 0 Å². The first-order chi connectivity index (χ1) is 9.58. The van der Waals surface area contributed by atoms with Crippen molar-refractivity contribution in [3.63, 3.8) is 0 Å². The topological polar surface area (TPSA) is 72.2 Å². The van der Waals surface area contributed by atoms with Gasteiger partial charge in [0.1, 0.15) is 5.82 Å². The van der Waals surface area contributed by atoms with Crippen LogP contribution in [0.15, 0.2) is 29.8 Å². The van der Waals surface area contributed by atoms with Crippen LogP contribution in [0.3, 0.4) is 0 Å². The van der Waals surface area contributed by atoms with Gasteiger partial charge in [-0.2, -0.15) is 0 Å². The summed E-state index contributed by atoms with van der Waals surface area (Å²) in [6, 6.07) is 2.93. The lowest BCUT2D eigenvalue weighted by atomic mass is 10.1. The number of hydrogen-bond acceptors (Lipinski definition) is 3. The van der Waals surface area contributed by atoms with Gasteiger partial charge in [-0.3, -0.25) is 14.9 Å². The van der Waals surface area contributed by atoms with Crippen molar-refractivity contribution in [2.45, 2.75) is 25.7 Å². The molecule has 6 heteroatoms. The Balaban J connectivity index is 1.97. The number of benzene rings is 1. The SMILES string of the molecule is O=C(NCCC1=CCCC1)c1cc([N+](=O)[O-])ccc1F. The van der Waals surface area contributed by atoms with Crippen LogP contribution in [0.5, 0.6) is 0 Å². The molecule has 0 saturated carbocycles. The zero-order chi connectivity index (χ0) is 14.5. The van der Waals surface area contributed by atoms with E-state index in [0.717, 1.165) is 43.9 Å². The van der Waals surface area contributed by atoms with E-state index in [1.54, 1.807) is 0 Å². The average molecular weight is 278 g/mol. The molecule has 1 amide bonds. The number of halogens is 1. The van der Waals surface area contributed by atoms with Crippen molar-refractivity contribution in [2.75, 3.05) is 6.54 Å². The molecule has 0 unspecified atom stereocenters. The number of rotatable bonds is 5. The number of nitro benzene ring substituents is 1. The Morgan fingerprint density at radius 1 is 1.45 bits per heavy atom. The second-order valence-electron chi connectivity index (χ2n) is 4.68. The Morgan fingerprint density at radius 3 is 2.90 bits per heavy atom. The van der Waals surface area contributed by atoms with Gasteiger partial charge in [-0.15, -0.1) is 0 Å². The lowest BCUT2D eigenvalue weighted by molar-refractivity contribution is -0.384. The fourth-order valence-corrected chi connectivity index (χ4v) is 2.20. The summed E-state index contributed by atoms with van der Waals surface area (Å²) in [5, 5.41) is 13.2. The first-order valence-corrected chi connectivity index (χ1v) is 6.48. The van der Waals surface area contributed by atoms with E-state index in [2.05, 4.69) is 11.4 Å². The van der Waals surface area contributed by atoms with Gasteiger partial charge in [0.05, 0.1) is 10.5 Å². The molecule has 1 aromatic carbocycles. The molecular weight excluding hydrogens is 263 g/mol. The van der Waals surface area contributed by atoms with Crippen molar-refractivity contribution in [1.82, 2.24) is 5.32 Å². The van der Waals surface area contributed by atoms with E-state index >= 15 is 0 Å². The van der Waals surface area contributed by atoms with Gasteiger partial charge in [-0.05, 0) is 31.7 Å². The predicted octanol–water partition coefficient (Wildman–Crippen LogP) is 2.96. The number of allylic oxidation sites excluding steroid dienone is 1. The van der Waals surface area contributed by atoms with Crippen molar-refractivity contribution in [1.29, 1.82) is 0 Å². The van der Waals surface area contributed by atoms with Crippen molar-refractivity contribution in [3.05, 3.63) is 51.3 Å². The molecule has 1 N–H and O–H groups in total. The van der Waals surface area contributed by atoms with E-state index < -0.39 is 16.6 Å². The van der Waals surface area contributed by atoms with Gasteiger partial charge >= 0.3 is 0 Å². The molecule has 5 nitrogen and oxygen atoms in total. The van der Waals surface area contributed by atoms with E-state index in [9.17, 15) is 19.3 Å². The first-order valence-electron chi connectivity index (χ1n) is 6.48. The second kappa shape index (κ2) is 6.27. The Kier molecular flexibility index (Phi) is 4.45. The summed E-state index contributed by atoms with van der Waals surface area (Å²) in [6.07, 6.45) is 6.15. The first kappa shape index (κ1) is 14.2. The highest BCUT2D eigenvalue weighted by Crippen LogP contribution is 2.20. The summed E-state index contributed by atoms with van der Waals surface area (Å²) in [7, 11) is 0. The minimum atomic E-state index is -0.756. The zero-order valence-corrected chi connectivity index (χ0v) is 10.9. The normalized spacial score (nSPS) is 13.9. The molecule has 0 fully saturated rings. The van der Waals surface area contributed by atoms with E-state index in [4.69, 9.17) is 0 Å². The van der Waals surface area contributed by atoms with Crippen LogP contribution < -0.4 is 5.32 Å². The molecule has 106 valence electrons. The minimum absolute atomic E-state index is 0.292. The van der Waals surface area contributed by atoms with E-state index in [0.29, 0.717) is 6.54 Å². The van der Waals surface area contributed by atoms with Gasteiger partial charge in [0, 0.05) is 18.7 Å². The Labute approximate surface area is 115 Å². The third kappa shape index (κ3) is 3.40.